The number of pyridine rings is 1. The number of amides is 1. The zero-order valence-electron chi connectivity index (χ0n) is 14.3. The number of ether oxygens (including phenoxy) is 1. The van der Waals surface area contributed by atoms with Crippen molar-refractivity contribution in [3.8, 4) is 17.0 Å². The molecule has 2 aromatic rings. The number of aromatic nitrogens is 1. The average molecular weight is 402 g/mol. The minimum Gasteiger partial charge on any atom is -0.468 e. The van der Waals surface area contributed by atoms with E-state index in [4.69, 9.17) is 16.3 Å². The third-order valence-corrected chi connectivity index (χ3v) is 3.45. The first-order chi connectivity index (χ1) is 12.7. The molecule has 0 bridgehead atoms. The summed E-state index contributed by atoms with van der Waals surface area (Å²) in [6.45, 7) is -0.0565. The summed E-state index contributed by atoms with van der Waals surface area (Å²) >= 11 is 5.85. The molecule has 0 spiro atoms. The number of nitrogens with one attached hydrogen (secondary N) is 1. The Morgan fingerprint density at radius 2 is 1.96 bits per heavy atom. The Balaban J connectivity index is 2.36. The Labute approximate surface area is 157 Å². The van der Waals surface area contributed by atoms with E-state index < -0.39 is 18.7 Å². The van der Waals surface area contributed by atoms with Gasteiger partial charge in [-0.1, -0.05) is 28.9 Å². The minimum atomic E-state index is -4.51. The number of anilines is 1. The summed E-state index contributed by atoms with van der Waals surface area (Å²) in [4.78, 5) is 20.4. The van der Waals surface area contributed by atoms with E-state index >= 15 is 0 Å². The second kappa shape index (κ2) is 8.72. The van der Waals surface area contributed by atoms with Crippen LogP contribution in [0.15, 0.2) is 41.7 Å². The molecular formula is C17H15ClF3N3O3. The molecule has 0 fully saturated rings. The number of carbonyl (C=O) groups is 1. The molecule has 144 valence electrons. The lowest BCUT2D eigenvalue weighted by Crippen LogP contribution is -2.21. The number of benzene rings is 1. The second-order valence-electron chi connectivity index (χ2n) is 5.30. The first-order valence-electron chi connectivity index (χ1n) is 7.54. The molecule has 1 aromatic heterocycles. The minimum absolute atomic E-state index is 0.0583. The van der Waals surface area contributed by atoms with E-state index in [1.165, 1.54) is 26.3 Å². The number of rotatable bonds is 6. The summed E-state index contributed by atoms with van der Waals surface area (Å²) in [5.74, 6) is -0.778. The number of hydrogen-bond acceptors (Lipinski definition) is 5. The maximum absolute atomic E-state index is 12.5. The van der Waals surface area contributed by atoms with Crippen LogP contribution in [0.4, 0.5) is 18.9 Å². The zero-order valence-corrected chi connectivity index (χ0v) is 15.1. The maximum atomic E-state index is 12.5. The van der Waals surface area contributed by atoms with Crippen LogP contribution >= 0.6 is 11.6 Å². The summed E-state index contributed by atoms with van der Waals surface area (Å²) < 4.78 is 42.3. The van der Waals surface area contributed by atoms with Gasteiger partial charge in [0.1, 0.15) is 12.8 Å². The highest BCUT2D eigenvalue weighted by Crippen LogP contribution is 2.32. The Bertz CT molecular complexity index is 840. The molecule has 0 aliphatic carbocycles. The van der Waals surface area contributed by atoms with E-state index in [2.05, 4.69) is 20.3 Å². The molecule has 27 heavy (non-hydrogen) atoms. The van der Waals surface area contributed by atoms with Gasteiger partial charge in [0, 0.05) is 10.6 Å². The molecular weight excluding hydrogens is 387 g/mol. The average Bonchev–Trinajstić information content (AvgIpc) is 2.60. The van der Waals surface area contributed by atoms with Gasteiger partial charge in [-0.25, -0.2) is 4.98 Å². The topological polar surface area (TPSA) is 72.8 Å². The van der Waals surface area contributed by atoms with Crippen molar-refractivity contribution >= 4 is 28.9 Å². The van der Waals surface area contributed by atoms with Crippen LogP contribution in [-0.4, -0.2) is 36.5 Å². The smallest absolute Gasteiger partial charge is 0.422 e. The Kier molecular flexibility index (Phi) is 6.62. The zero-order chi connectivity index (χ0) is 20.0. The highest BCUT2D eigenvalue weighted by atomic mass is 35.5. The quantitative estimate of drug-likeness (QED) is 0.578. The van der Waals surface area contributed by atoms with Crippen molar-refractivity contribution in [2.24, 2.45) is 5.16 Å². The van der Waals surface area contributed by atoms with Gasteiger partial charge in [-0.15, -0.1) is 0 Å². The highest BCUT2D eigenvalue weighted by molar-refractivity contribution is 6.42. The molecule has 0 unspecified atom stereocenters. The number of alkyl halides is 3. The van der Waals surface area contributed by atoms with Crippen molar-refractivity contribution < 1.29 is 27.5 Å². The lowest BCUT2D eigenvalue weighted by molar-refractivity contribution is -0.154. The normalized spacial score (nSPS) is 11.9. The second-order valence-corrected chi connectivity index (χ2v) is 5.74. The van der Waals surface area contributed by atoms with E-state index in [9.17, 15) is 18.0 Å². The van der Waals surface area contributed by atoms with E-state index in [-0.39, 0.29) is 22.8 Å². The summed E-state index contributed by atoms with van der Waals surface area (Å²) in [5, 5.41) is 6.50. The largest absolute Gasteiger partial charge is 0.468 e. The molecule has 0 saturated heterocycles. The standard InChI is InChI=1S/C17H15ClF3N3O3/c1-10(24-26-2)15(25)23-13-7-14(11-3-5-12(18)6-4-11)16(22-8-13)27-9-17(19,20)21/h3-8H,9H2,1-2H3,(H,23,25)/b24-10+. The van der Waals surface area contributed by atoms with Gasteiger partial charge in [0.15, 0.2) is 6.61 Å². The number of hydrogen-bond donors (Lipinski definition) is 1. The summed E-state index contributed by atoms with van der Waals surface area (Å²) in [6.07, 6.45) is -3.33. The number of halogens is 4. The van der Waals surface area contributed by atoms with Gasteiger partial charge in [-0.3, -0.25) is 4.79 Å². The van der Waals surface area contributed by atoms with Crippen LogP contribution in [0.5, 0.6) is 5.88 Å². The third-order valence-electron chi connectivity index (χ3n) is 3.19. The van der Waals surface area contributed by atoms with Crippen LogP contribution in [0.25, 0.3) is 11.1 Å². The molecule has 0 aliphatic rings. The van der Waals surface area contributed by atoms with Crippen LogP contribution in [0, 0.1) is 0 Å². The fourth-order valence-electron chi connectivity index (χ4n) is 2.02. The van der Waals surface area contributed by atoms with Crippen molar-refractivity contribution in [1.82, 2.24) is 4.98 Å². The molecule has 0 radical (unpaired) electrons. The molecule has 0 saturated carbocycles. The van der Waals surface area contributed by atoms with Gasteiger partial charge in [0.05, 0.1) is 11.9 Å². The van der Waals surface area contributed by atoms with E-state index in [1.54, 1.807) is 24.3 Å². The van der Waals surface area contributed by atoms with Crippen molar-refractivity contribution in [2.45, 2.75) is 13.1 Å². The lowest BCUT2D eigenvalue weighted by Gasteiger charge is -2.14. The van der Waals surface area contributed by atoms with Crippen molar-refractivity contribution in [2.75, 3.05) is 19.0 Å². The van der Waals surface area contributed by atoms with Crippen LogP contribution in [0.3, 0.4) is 0 Å². The summed E-state index contributed by atoms with van der Waals surface area (Å²) in [5.41, 5.74) is 1.08. The number of nitrogens with zero attached hydrogens (tertiary/aromatic N) is 2. The van der Waals surface area contributed by atoms with E-state index in [0.29, 0.717) is 10.6 Å². The molecule has 0 aliphatic heterocycles. The van der Waals surface area contributed by atoms with E-state index in [0.717, 1.165) is 0 Å². The fourth-order valence-corrected chi connectivity index (χ4v) is 2.15. The fraction of sp³-hybridized carbons (Fsp3) is 0.235. The lowest BCUT2D eigenvalue weighted by atomic mass is 10.1. The summed E-state index contributed by atoms with van der Waals surface area (Å²) in [6, 6.07) is 7.79. The van der Waals surface area contributed by atoms with Crippen LogP contribution in [-0.2, 0) is 9.63 Å². The first-order valence-corrected chi connectivity index (χ1v) is 7.92. The van der Waals surface area contributed by atoms with Gasteiger partial charge in [0.25, 0.3) is 5.91 Å². The molecule has 1 amide bonds. The summed E-state index contributed by atoms with van der Waals surface area (Å²) in [7, 11) is 1.30. The van der Waals surface area contributed by atoms with Gasteiger partial charge in [-0.05, 0) is 30.7 Å². The first kappa shape index (κ1) is 20.5. The third kappa shape index (κ3) is 6.14. The SMILES string of the molecule is CO/N=C(\C)C(=O)Nc1cnc(OCC(F)(F)F)c(-c2ccc(Cl)cc2)c1. The van der Waals surface area contributed by atoms with Gasteiger partial charge in [0.2, 0.25) is 5.88 Å². The Morgan fingerprint density at radius 3 is 2.56 bits per heavy atom. The monoisotopic (exact) mass is 401 g/mol. The molecule has 1 aromatic carbocycles. The van der Waals surface area contributed by atoms with E-state index in [1.807, 2.05) is 0 Å². The highest BCUT2D eigenvalue weighted by Gasteiger charge is 2.29. The molecule has 6 nitrogen and oxygen atoms in total. The molecule has 1 N–H and O–H groups in total. The maximum Gasteiger partial charge on any atom is 0.422 e. The molecule has 10 heteroatoms. The van der Waals surface area contributed by atoms with Crippen LogP contribution < -0.4 is 10.1 Å². The molecule has 1 heterocycles. The Hall–Kier alpha value is -2.81. The van der Waals surface area contributed by atoms with Crippen LogP contribution in [0.1, 0.15) is 6.92 Å². The van der Waals surface area contributed by atoms with Crippen molar-refractivity contribution in [3.63, 3.8) is 0 Å². The molecule has 2 rings (SSSR count). The van der Waals surface area contributed by atoms with Gasteiger partial charge in [-0.2, -0.15) is 13.2 Å². The van der Waals surface area contributed by atoms with Crippen molar-refractivity contribution in [3.05, 3.63) is 41.6 Å². The van der Waals surface area contributed by atoms with Gasteiger partial charge >= 0.3 is 6.18 Å². The molecule has 0 atom stereocenters. The predicted molar refractivity (Wildman–Crippen MR) is 95.0 cm³/mol. The number of oxime groups is 1. The van der Waals surface area contributed by atoms with Crippen molar-refractivity contribution in [1.29, 1.82) is 0 Å². The predicted octanol–water partition coefficient (Wildman–Crippen LogP) is 4.30. The number of carbonyl (C=O) groups excluding carboxylic acids is 1. The van der Waals surface area contributed by atoms with Gasteiger partial charge < -0.3 is 14.9 Å². The Morgan fingerprint density at radius 1 is 1.30 bits per heavy atom. The van der Waals surface area contributed by atoms with Crippen LogP contribution in [0.2, 0.25) is 5.02 Å².